The zero-order chi connectivity index (χ0) is 25.3. The van der Waals surface area contributed by atoms with E-state index in [-0.39, 0.29) is 30.6 Å². The molecule has 0 saturated heterocycles. The molecule has 0 atom stereocenters. The van der Waals surface area contributed by atoms with Gasteiger partial charge in [-0.1, -0.05) is 0 Å². The van der Waals surface area contributed by atoms with E-state index in [0.717, 1.165) is 5.56 Å². The van der Waals surface area contributed by atoms with E-state index in [1.807, 2.05) is 59.7 Å². The summed E-state index contributed by atoms with van der Waals surface area (Å²) in [4.78, 5) is 32.5. The summed E-state index contributed by atoms with van der Waals surface area (Å²) in [7, 11) is 0. The highest BCUT2D eigenvalue weighted by molar-refractivity contribution is 6.04. The summed E-state index contributed by atoms with van der Waals surface area (Å²) in [6.07, 6.45) is 1.61. The minimum absolute atomic E-state index is 0.0000759. The van der Waals surface area contributed by atoms with Gasteiger partial charge in [-0.05, 0) is 65.8 Å². The van der Waals surface area contributed by atoms with Crippen molar-refractivity contribution in [2.24, 2.45) is 0 Å². The van der Waals surface area contributed by atoms with Crippen LogP contribution in [0.3, 0.4) is 0 Å². The standard InChI is InChI=1S/C26H32N4O5/c1-15(2)29(16(3)4)24(31)14-35-26(32)19-12-21(28-25-20(19)13-27-30(25)17(5)6)18-7-8-22-23(11-18)34-10-9-33-22/h7-8,11-13,15-17H,9-10,14H2,1-6H3. The smallest absolute Gasteiger partial charge is 0.339 e. The molecule has 0 N–H and O–H groups in total. The van der Waals surface area contributed by atoms with Crippen molar-refractivity contribution in [1.29, 1.82) is 0 Å². The number of aromatic nitrogens is 3. The summed E-state index contributed by atoms with van der Waals surface area (Å²) in [6.45, 7) is 12.4. The molecule has 0 spiro atoms. The summed E-state index contributed by atoms with van der Waals surface area (Å²) >= 11 is 0. The van der Waals surface area contributed by atoms with Gasteiger partial charge in [0.15, 0.2) is 23.8 Å². The van der Waals surface area contributed by atoms with Crippen LogP contribution in [0.2, 0.25) is 0 Å². The van der Waals surface area contributed by atoms with Crippen molar-refractivity contribution in [3.05, 3.63) is 36.0 Å². The summed E-state index contributed by atoms with van der Waals surface area (Å²) in [5, 5.41) is 5.01. The number of hydrogen-bond donors (Lipinski definition) is 0. The molecule has 1 amide bonds. The van der Waals surface area contributed by atoms with Crippen LogP contribution in [-0.2, 0) is 9.53 Å². The highest BCUT2D eigenvalue weighted by atomic mass is 16.6. The molecule has 4 rings (SSSR count). The zero-order valence-electron chi connectivity index (χ0n) is 21.1. The Morgan fingerprint density at radius 3 is 2.37 bits per heavy atom. The third-order valence-electron chi connectivity index (χ3n) is 5.84. The van der Waals surface area contributed by atoms with Gasteiger partial charge in [0.25, 0.3) is 5.91 Å². The SMILES string of the molecule is CC(C)N(C(=O)COC(=O)c1cc(-c2ccc3c(c2)OCCO3)nc2c1cnn2C(C)C)C(C)C. The molecule has 0 fully saturated rings. The zero-order valence-corrected chi connectivity index (χ0v) is 21.1. The molecule has 2 aromatic heterocycles. The lowest BCUT2D eigenvalue weighted by Gasteiger charge is -2.30. The summed E-state index contributed by atoms with van der Waals surface area (Å²) in [6, 6.07) is 7.26. The quantitative estimate of drug-likeness (QED) is 0.467. The van der Waals surface area contributed by atoms with E-state index in [1.165, 1.54) is 0 Å². The Balaban J connectivity index is 1.70. The van der Waals surface area contributed by atoms with Gasteiger partial charge in [-0.2, -0.15) is 5.10 Å². The van der Waals surface area contributed by atoms with Crippen molar-refractivity contribution >= 4 is 22.9 Å². The second-order valence-electron chi connectivity index (χ2n) is 9.40. The van der Waals surface area contributed by atoms with Crippen molar-refractivity contribution in [2.45, 2.75) is 59.7 Å². The first-order valence-corrected chi connectivity index (χ1v) is 11.9. The number of ether oxygens (including phenoxy) is 3. The number of rotatable bonds is 7. The molecule has 1 aliphatic rings. The first kappa shape index (κ1) is 24.5. The number of pyridine rings is 1. The van der Waals surface area contributed by atoms with Crippen LogP contribution in [0.5, 0.6) is 11.5 Å². The fourth-order valence-corrected chi connectivity index (χ4v) is 4.37. The predicted octanol–water partition coefficient (Wildman–Crippen LogP) is 4.25. The van der Waals surface area contributed by atoms with E-state index in [4.69, 9.17) is 19.2 Å². The van der Waals surface area contributed by atoms with Crippen LogP contribution in [0.15, 0.2) is 30.5 Å². The molecule has 0 unspecified atom stereocenters. The molecule has 0 bridgehead atoms. The average Bonchev–Trinajstić information content (AvgIpc) is 3.25. The molecule has 0 radical (unpaired) electrons. The fraction of sp³-hybridized carbons (Fsp3) is 0.462. The van der Waals surface area contributed by atoms with Gasteiger partial charge >= 0.3 is 5.97 Å². The number of carbonyl (C=O) groups is 2. The predicted molar refractivity (Wildman–Crippen MR) is 132 cm³/mol. The van der Waals surface area contributed by atoms with Crippen molar-refractivity contribution in [3.8, 4) is 22.8 Å². The average molecular weight is 481 g/mol. The number of nitrogens with zero attached hydrogens (tertiary/aromatic N) is 4. The monoisotopic (exact) mass is 480 g/mol. The molecule has 0 aliphatic carbocycles. The molecule has 186 valence electrons. The molecule has 35 heavy (non-hydrogen) atoms. The third-order valence-corrected chi connectivity index (χ3v) is 5.84. The molecule has 9 nitrogen and oxygen atoms in total. The Bertz CT molecular complexity index is 1240. The van der Waals surface area contributed by atoms with Crippen LogP contribution in [-0.4, -0.2) is 63.4 Å². The number of carbonyl (C=O) groups excluding carboxylic acids is 2. The van der Waals surface area contributed by atoms with Gasteiger partial charge in [0, 0.05) is 23.7 Å². The third kappa shape index (κ3) is 4.94. The first-order valence-electron chi connectivity index (χ1n) is 11.9. The van der Waals surface area contributed by atoms with Gasteiger partial charge in [-0.3, -0.25) is 4.79 Å². The van der Waals surface area contributed by atoms with Crippen LogP contribution in [0.25, 0.3) is 22.3 Å². The lowest BCUT2D eigenvalue weighted by atomic mass is 10.1. The number of benzene rings is 1. The topological polar surface area (TPSA) is 95.8 Å². The van der Waals surface area contributed by atoms with Crippen molar-refractivity contribution in [1.82, 2.24) is 19.7 Å². The van der Waals surface area contributed by atoms with Gasteiger partial charge in [0.05, 0.1) is 22.8 Å². The van der Waals surface area contributed by atoms with Crippen LogP contribution in [0, 0.1) is 0 Å². The Morgan fingerprint density at radius 2 is 1.71 bits per heavy atom. The van der Waals surface area contributed by atoms with Crippen LogP contribution >= 0.6 is 0 Å². The maximum absolute atomic E-state index is 13.2. The fourth-order valence-electron chi connectivity index (χ4n) is 4.37. The highest BCUT2D eigenvalue weighted by Crippen LogP contribution is 2.35. The second kappa shape index (κ2) is 9.93. The Kier molecular flexibility index (Phi) is 6.95. The Hall–Kier alpha value is -3.62. The number of esters is 1. The maximum Gasteiger partial charge on any atom is 0.339 e. The lowest BCUT2D eigenvalue weighted by molar-refractivity contribution is -0.138. The van der Waals surface area contributed by atoms with Gasteiger partial charge in [0.2, 0.25) is 0 Å². The molecule has 3 heterocycles. The van der Waals surface area contributed by atoms with Crippen molar-refractivity contribution < 1.29 is 23.8 Å². The molecule has 0 saturated carbocycles. The van der Waals surface area contributed by atoms with E-state index in [1.54, 1.807) is 21.8 Å². The number of fused-ring (bicyclic) bond motifs is 2. The Labute approximate surface area is 205 Å². The van der Waals surface area contributed by atoms with Crippen molar-refractivity contribution in [3.63, 3.8) is 0 Å². The van der Waals surface area contributed by atoms with Crippen LogP contribution in [0.4, 0.5) is 0 Å². The minimum Gasteiger partial charge on any atom is -0.486 e. The molecule has 1 aliphatic heterocycles. The number of hydrogen-bond acceptors (Lipinski definition) is 7. The molecule has 3 aromatic rings. The second-order valence-corrected chi connectivity index (χ2v) is 9.40. The van der Waals surface area contributed by atoms with E-state index < -0.39 is 5.97 Å². The van der Waals surface area contributed by atoms with E-state index in [2.05, 4.69) is 5.10 Å². The Morgan fingerprint density at radius 1 is 1.03 bits per heavy atom. The van der Waals surface area contributed by atoms with E-state index in [0.29, 0.717) is 47.0 Å². The molecule has 1 aromatic carbocycles. The maximum atomic E-state index is 13.2. The molecular formula is C26H32N4O5. The largest absolute Gasteiger partial charge is 0.486 e. The highest BCUT2D eigenvalue weighted by Gasteiger charge is 2.24. The first-order chi connectivity index (χ1) is 16.7. The van der Waals surface area contributed by atoms with Crippen LogP contribution in [0.1, 0.15) is 57.9 Å². The summed E-state index contributed by atoms with van der Waals surface area (Å²) < 4.78 is 18.6. The summed E-state index contributed by atoms with van der Waals surface area (Å²) in [5.41, 5.74) is 2.21. The lowest BCUT2D eigenvalue weighted by Crippen LogP contribution is -2.44. The van der Waals surface area contributed by atoms with Gasteiger partial charge in [-0.15, -0.1) is 0 Å². The van der Waals surface area contributed by atoms with Gasteiger partial charge in [-0.25, -0.2) is 14.5 Å². The van der Waals surface area contributed by atoms with Gasteiger partial charge < -0.3 is 19.1 Å². The van der Waals surface area contributed by atoms with Gasteiger partial charge in [0.1, 0.15) is 13.2 Å². The van der Waals surface area contributed by atoms with Crippen LogP contribution < -0.4 is 9.47 Å². The van der Waals surface area contributed by atoms with E-state index >= 15 is 0 Å². The van der Waals surface area contributed by atoms with E-state index in [9.17, 15) is 9.59 Å². The van der Waals surface area contributed by atoms with Crippen molar-refractivity contribution in [2.75, 3.05) is 19.8 Å². The minimum atomic E-state index is -0.597. The normalized spacial score (nSPS) is 13.1. The molecular weight excluding hydrogens is 448 g/mol. The summed E-state index contributed by atoms with van der Waals surface area (Å²) in [5.74, 6) is 0.468. The molecule has 9 heteroatoms. The number of amides is 1.